The largest absolute Gasteiger partial charge is 0.497 e. The first-order chi connectivity index (χ1) is 9.08. The van der Waals surface area contributed by atoms with E-state index in [1.165, 1.54) is 5.57 Å². The van der Waals surface area contributed by atoms with Gasteiger partial charge < -0.3 is 19.9 Å². The highest BCUT2D eigenvalue weighted by molar-refractivity contribution is 5.41. The summed E-state index contributed by atoms with van der Waals surface area (Å²) in [6, 6.07) is 5.41. The molecule has 106 valence electrons. The Morgan fingerprint density at radius 3 is 2.63 bits per heavy atom. The molecular weight excluding hydrogens is 242 g/mol. The molecule has 0 amide bonds. The Kier molecular flexibility index (Phi) is 6.39. The van der Waals surface area contributed by atoms with E-state index in [1.54, 1.807) is 26.4 Å². The van der Waals surface area contributed by atoms with Crippen molar-refractivity contribution in [1.82, 2.24) is 5.32 Å². The van der Waals surface area contributed by atoms with Gasteiger partial charge >= 0.3 is 0 Å². The summed E-state index contributed by atoms with van der Waals surface area (Å²) >= 11 is 0. The van der Waals surface area contributed by atoms with Crippen LogP contribution in [0.15, 0.2) is 29.8 Å². The lowest BCUT2D eigenvalue weighted by atomic mass is 10.1. The number of benzene rings is 1. The molecule has 0 saturated carbocycles. The Hall–Kier alpha value is -1.52. The fourth-order valence-electron chi connectivity index (χ4n) is 1.71. The molecule has 0 spiro atoms. The lowest BCUT2D eigenvalue weighted by molar-refractivity contribution is 0.171. The third-order valence-electron chi connectivity index (χ3n) is 2.79. The van der Waals surface area contributed by atoms with E-state index >= 15 is 0 Å². The summed E-state index contributed by atoms with van der Waals surface area (Å²) in [6.07, 6.45) is 1.45. The van der Waals surface area contributed by atoms with Crippen molar-refractivity contribution in [2.45, 2.75) is 20.0 Å². The van der Waals surface area contributed by atoms with Crippen molar-refractivity contribution in [1.29, 1.82) is 0 Å². The van der Waals surface area contributed by atoms with Gasteiger partial charge in [0.05, 0.1) is 20.3 Å². The molecule has 1 aromatic rings. The number of aliphatic hydroxyl groups is 1. The van der Waals surface area contributed by atoms with Crippen LogP contribution in [0.5, 0.6) is 11.5 Å². The van der Waals surface area contributed by atoms with Gasteiger partial charge in [0.2, 0.25) is 0 Å². The molecule has 1 atom stereocenters. The molecule has 0 aliphatic heterocycles. The van der Waals surface area contributed by atoms with Crippen LogP contribution in [-0.4, -0.2) is 32.4 Å². The molecule has 4 heteroatoms. The summed E-state index contributed by atoms with van der Waals surface area (Å²) in [5.41, 5.74) is 1.98. The Balaban J connectivity index is 2.69. The van der Waals surface area contributed by atoms with E-state index < -0.39 is 6.10 Å². The first-order valence-electron chi connectivity index (χ1n) is 6.32. The average Bonchev–Trinajstić information content (AvgIpc) is 2.42. The average molecular weight is 265 g/mol. The van der Waals surface area contributed by atoms with Gasteiger partial charge in [0.1, 0.15) is 11.5 Å². The zero-order valence-corrected chi connectivity index (χ0v) is 12.1. The summed E-state index contributed by atoms with van der Waals surface area (Å²) in [5.74, 6) is 1.37. The third kappa shape index (κ3) is 4.93. The maximum absolute atomic E-state index is 10.2. The second-order valence-corrected chi connectivity index (χ2v) is 4.56. The van der Waals surface area contributed by atoms with Gasteiger partial charge in [0, 0.05) is 18.7 Å². The number of hydrogen-bond donors (Lipinski definition) is 2. The lowest BCUT2D eigenvalue weighted by Crippen LogP contribution is -2.22. The van der Waals surface area contributed by atoms with Crippen molar-refractivity contribution in [3.8, 4) is 11.5 Å². The smallest absolute Gasteiger partial charge is 0.124 e. The van der Waals surface area contributed by atoms with Crippen LogP contribution >= 0.6 is 0 Å². The van der Waals surface area contributed by atoms with E-state index in [4.69, 9.17) is 9.47 Å². The van der Waals surface area contributed by atoms with Crippen molar-refractivity contribution in [2.75, 3.05) is 27.3 Å². The highest BCUT2D eigenvalue weighted by atomic mass is 16.5. The Morgan fingerprint density at radius 1 is 1.32 bits per heavy atom. The van der Waals surface area contributed by atoms with Crippen LogP contribution in [-0.2, 0) is 0 Å². The van der Waals surface area contributed by atoms with Gasteiger partial charge in [0.15, 0.2) is 0 Å². The van der Waals surface area contributed by atoms with Gasteiger partial charge in [-0.3, -0.25) is 0 Å². The van der Waals surface area contributed by atoms with E-state index in [9.17, 15) is 5.11 Å². The zero-order valence-electron chi connectivity index (χ0n) is 12.1. The van der Waals surface area contributed by atoms with Crippen LogP contribution in [0.3, 0.4) is 0 Å². The zero-order chi connectivity index (χ0) is 14.3. The summed E-state index contributed by atoms with van der Waals surface area (Å²) in [5, 5.41) is 13.4. The summed E-state index contributed by atoms with van der Waals surface area (Å²) in [4.78, 5) is 0. The maximum atomic E-state index is 10.2. The minimum atomic E-state index is -0.629. The molecule has 4 nitrogen and oxygen atoms in total. The van der Waals surface area contributed by atoms with E-state index in [-0.39, 0.29) is 0 Å². The van der Waals surface area contributed by atoms with Crippen LogP contribution in [0, 0.1) is 0 Å². The van der Waals surface area contributed by atoms with Gasteiger partial charge in [-0.25, -0.2) is 0 Å². The van der Waals surface area contributed by atoms with Crippen LogP contribution in [0.2, 0.25) is 0 Å². The number of aliphatic hydroxyl groups excluding tert-OH is 1. The maximum Gasteiger partial charge on any atom is 0.124 e. The highest BCUT2D eigenvalue weighted by Crippen LogP contribution is 2.28. The second-order valence-electron chi connectivity index (χ2n) is 4.56. The molecule has 0 aliphatic rings. The fourth-order valence-corrected chi connectivity index (χ4v) is 1.71. The quantitative estimate of drug-likeness (QED) is 0.586. The van der Waals surface area contributed by atoms with Crippen LogP contribution < -0.4 is 14.8 Å². The predicted octanol–water partition coefficient (Wildman–Crippen LogP) is 2.29. The van der Waals surface area contributed by atoms with Gasteiger partial charge in [-0.05, 0) is 32.0 Å². The van der Waals surface area contributed by atoms with Crippen molar-refractivity contribution < 1.29 is 14.6 Å². The van der Waals surface area contributed by atoms with Crippen LogP contribution in [0.1, 0.15) is 25.5 Å². The molecule has 19 heavy (non-hydrogen) atoms. The molecule has 1 rings (SSSR count). The number of rotatable bonds is 7. The number of methoxy groups -OCH3 is 2. The minimum absolute atomic E-state index is 0.466. The van der Waals surface area contributed by atoms with Crippen molar-refractivity contribution in [3.63, 3.8) is 0 Å². The van der Waals surface area contributed by atoms with Crippen LogP contribution in [0.4, 0.5) is 0 Å². The molecule has 0 saturated heterocycles. The SMILES string of the molecule is COc1ccc(OC)c(C(O)CNCC=C(C)C)c1. The molecule has 2 N–H and O–H groups in total. The summed E-state index contributed by atoms with van der Waals surface area (Å²) in [7, 11) is 3.19. The number of hydrogen-bond acceptors (Lipinski definition) is 4. The molecule has 1 aromatic carbocycles. The monoisotopic (exact) mass is 265 g/mol. The van der Waals surface area contributed by atoms with Crippen molar-refractivity contribution in [2.24, 2.45) is 0 Å². The Bertz CT molecular complexity index is 425. The second kappa shape index (κ2) is 7.81. The Morgan fingerprint density at radius 2 is 2.05 bits per heavy atom. The number of allylic oxidation sites excluding steroid dienone is 1. The summed E-state index contributed by atoms with van der Waals surface area (Å²) in [6.45, 7) is 5.30. The molecule has 0 bridgehead atoms. The van der Waals surface area contributed by atoms with E-state index in [2.05, 4.69) is 11.4 Å². The fraction of sp³-hybridized carbons (Fsp3) is 0.467. The first kappa shape index (κ1) is 15.5. The van der Waals surface area contributed by atoms with Crippen molar-refractivity contribution in [3.05, 3.63) is 35.4 Å². The summed E-state index contributed by atoms with van der Waals surface area (Å²) < 4.78 is 10.4. The normalized spacial score (nSPS) is 11.8. The van der Waals surface area contributed by atoms with E-state index in [1.807, 2.05) is 19.9 Å². The molecule has 0 fully saturated rings. The van der Waals surface area contributed by atoms with Gasteiger partial charge in [-0.2, -0.15) is 0 Å². The molecule has 0 radical (unpaired) electrons. The predicted molar refractivity (Wildman–Crippen MR) is 76.8 cm³/mol. The van der Waals surface area contributed by atoms with E-state index in [0.29, 0.717) is 18.0 Å². The molecule has 0 aliphatic carbocycles. The van der Waals surface area contributed by atoms with Crippen LogP contribution in [0.25, 0.3) is 0 Å². The third-order valence-corrected chi connectivity index (χ3v) is 2.79. The molecule has 0 heterocycles. The molecule has 1 unspecified atom stereocenters. The van der Waals surface area contributed by atoms with Gasteiger partial charge in [-0.1, -0.05) is 11.6 Å². The van der Waals surface area contributed by atoms with Gasteiger partial charge in [-0.15, -0.1) is 0 Å². The van der Waals surface area contributed by atoms with E-state index in [0.717, 1.165) is 12.1 Å². The number of ether oxygens (including phenoxy) is 2. The number of nitrogens with one attached hydrogen (secondary N) is 1. The highest BCUT2D eigenvalue weighted by Gasteiger charge is 2.13. The first-order valence-corrected chi connectivity index (χ1v) is 6.32. The topological polar surface area (TPSA) is 50.7 Å². The molecular formula is C15H23NO3. The van der Waals surface area contributed by atoms with Gasteiger partial charge in [0.25, 0.3) is 0 Å². The molecule has 0 aromatic heterocycles. The Labute approximate surface area is 115 Å². The van der Waals surface area contributed by atoms with Crippen molar-refractivity contribution >= 4 is 0 Å². The minimum Gasteiger partial charge on any atom is -0.497 e. The lowest BCUT2D eigenvalue weighted by Gasteiger charge is -2.16. The standard InChI is InChI=1S/C15H23NO3/c1-11(2)7-8-16-10-14(17)13-9-12(18-3)5-6-15(13)19-4/h5-7,9,14,16-17H,8,10H2,1-4H3.